The van der Waals surface area contributed by atoms with Crippen molar-refractivity contribution in [1.29, 1.82) is 0 Å². The largest absolute Gasteiger partial charge is 0.508 e. The Morgan fingerprint density at radius 2 is 1.58 bits per heavy atom. The molecule has 0 aliphatic rings. The molecule has 0 bridgehead atoms. The molecule has 2 rings (SSSR count). The number of aromatic hydroxyl groups is 1. The first-order valence-corrected chi connectivity index (χ1v) is 16.1. The maximum atomic E-state index is 9.36. The summed E-state index contributed by atoms with van der Waals surface area (Å²) in [6, 6.07) is 14.3. The van der Waals surface area contributed by atoms with Crippen LogP contribution in [0.4, 0.5) is 0 Å². The minimum atomic E-state index is -2.62. The number of phenolic OH excluding ortho intramolecular Hbond substituents is 1. The van der Waals surface area contributed by atoms with Gasteiger partial charge in [-0.3, -0.25) is 0 Å². The van der Waals surface area contributed by atoms with Crippen molar-refractivity contribution < 1.29 is 9.84 Å². The molecule has 31 heavy (non-hydrogen) atoms. The Balaban J connectivity index is 1.99. The Bertz CT molecular complexity index is 985. The van der Waals surface area contributed by atoms with E-state index in [1.807, 2.05) is 38.2 Å². The van der Waals surface area contributed by atoms with Gasteiger partial charge in [-0.25, -0.2) is 4.78 Å². The van der Waals surface area contributed by atoms with Gasteiger partial charge in [0.2, 0.25) is 4.89 Å². The number of rotatable bonds is 10. The van der Waals surface area contributed by atoms with E-state index >= 15 is 0 Å². The van der Waals surface area contributed by atoms with Crippen LogP contribution in [0.1, 0.15) is 24.5 Å². The topological polar surface area (TPSA) is 60.7 Å². The highest BCUT2D eigenvalue weighted by molar-refractivity contribution is 8.37. The molecular weight excluding hydrogens is 513 g/mol. The van der Waals surface area contributed by atoms with Crippen molar-refractivity contribution in [1.82, 2.24) is 9.56 Å². The van der Waals surface area contributed by atoms with Gasteiger partial charge in [0, 0.05) is 13.5 Å². The molecule has 2 aromatic rings. The molecule has 0 aliphatic carbocycles. The second-order valence-corrected chi connectivity index (χ2v) is 16.9. The third-order valence-electron chi connectivity index (χ3n) is 4.01. The molecule has 0 radical (unpaired) electrons. The van der Waals surface area contributed by atoms with Crippen molar-refractivity contribution >= 4 is 70.3 Å². The molecule has 0 aromatic heterocycles. The Labute approximate surface area is 203 Å². The third-order valence-corrected chi connectivity index (χ3v) is 9.86. The molecule has 0 heterocycles. The van der Waals surface area contributed by atoms with Crippen LogP contribution in [0.2, 0.25) is 0 Å². The van der Waals surface area contributed by atoms with Crippen molar-refractivity contribution in [2.45, 2.75) is 19.2 Å². The molecule has 0 saturated heterocycles. The highest BCUT2D eigenvalue weighted by Gasteiger charge is 2.30. The fraction of sp³-hybridized carbons (Fsp3) is 0.263. The van der Waals surface area contributed by atoms with E-state index in [-0.39, 0.29) is 11.6 Å². The minimum Gasteiger partial charge on any atom is -0.508 e. The lowest BCUT2D eigenvalue weighted by atomic mass is 10.2. The molecule has 1 N–H and O–H groups in total. The summed E-state index contributed by atoms with van der Waals surface area (Å²) in [5.41, 5.74) is 1.74. The van der Waals surface area contributed by atoms with Gasteiger partial charge in [0.15, 0.2) is 11.8 Å². The number of benzene rings is 2. The van der Waals surface area contributed by atoms with Crippen LogP contribution in [0.3, 0.4) is 0 Å². The van der Waals surface area contributed by atoms with Gasteiger partial charge in [-0.2, -0.15) is 5.10 Å². The molecule has 0 spiro atoms. The predicted octanol–water partition coefficient (Wildman–Crippen LogP) is 6.30. The number of hydrogen-bond acceptors (Lipinski definition) is 6. The highest BCUT2D eigenvalue weighted by Crippen LogP contribution is 2.59. The summed E-state index contributed by atoms with van der Waals surface area (Å²) >= 11 is 22.5. The molecule has 2 unspecified atom stereocenters. The summed E-state index contributed by atoms with van der Waals surface area (Å²) in [7, 11) is 3.49. The number of nitrogens with zero attached hydrogens (tertiary/aromatic N) is 4. The summed E-state index contributed by atoms with van der Waals surface area (Å²) in [4.78, 5) is -2.62. The molecule has 0 amide bonds. The maximum Gasteiger partial charge on any atom is 0.355 e. The Morgan fingerprint density at radius 3 is 2.10 bits per heavy atom. The number of halogens is 2. The molecule has 2 aromatic carbocycles. The molecule has 2 atom stereocenters. The van der Waals surface area contributed by atoms with Gasteiger partial charge >= 0.3 is 6.85 Å². The summed E-state index contributed by atoms with van der Waals surface area (Å²) < 4.78 is 9.26. The van der Waals surface area contributed by atoms with Gasteiger partial charge in [-0.05, 0) is 93.9 Å². The molecule has 6 nitrogen and oxygen atoms in total. The van der Waals surface area contributed by atoms with E-state index in [2.05, 4.69) is 10.2 Å². The summed E-state index contributed by atoms with van der Waals surface area (Å²) in [6.07, 6.45) is 4.09. The first-order chi connectivity index (χ1) is 14.6. The van der Waals surface area contributed by atoms with Gasteiger partial charge in [0.05, 0.1) is 19.5 Å². The Hall–Kier alpha value is -1.27. The molecular formula is C19H23Cl2N4O2P2S2+. The minimum absolute atomic E-state index is 0.171. The fourth-order valence-electron chi connectivity index (χ4n) is 2.23. The smallest absolute Gasteiger partial charge is 0.355 e. The fourth-order valence-corrected chi connectivity index (χ4v) is 4.52. The van der Waals surface area contributed by atoms with Gasteiger partial charge in [0.1, 0.15) is 11.5 Å². The average molecular weight is 536 g/mol. The zero-order valence-corrected chi connectivity index (χ0v) is 22.1. The van der Waals surface area contributed by atoms with Crippen molar-refractivity contribution in [2.24, 2.45) is 10.2 Å². The average Bonchev–Trinajstić information content (AvgIpc) is 2.74. The molecule has 0 saturated carbocycles. The Morgan fingerprint density at radius 1 is 1.06 bits per heavy atom. The van der Waals surface area contributed by atoms with E-state index in [4.69, 9.17) is 50.8 Å². The lowest BCUT2D eigenvalue weighted by molar-refractivity contribution is 0.273. The SMILES string of the molecule is CCC(Oc1ccc(C=NN(C)P(=S)(Cl)Cl)cc1)[P+](=S)N(C)N=Cc1ccc(O)cc1. The van der Waals surface area contributed by atoms with E-state index in [0.29, 0.717) is 5.75 Å². The van der Waals surface area contributed by atoms with Crippen LogP contribution in [0.15, 0.2) is 58.7 Å². The number of hydrogen-bond donors (Lipinski definition) is 1. The lowest BCUT2D eigenvalue weighted by Crippen LogP contribution is -2.17. The second kappa shape index (κ2) is 12.1. The van der Waals surface area contributed by atoms with Gasteiger partial charge in [-0.1, -0.05) is 6.92 Å². The van der Waals surface area contributed by atoms with E-state index in [9.17, 15) is 5.11 Å². The van der Waals surface area contributed by atoms with E-state index in [0.717, 1.165) is 17.5 Å². The third kappa shape index (κ3) is 8.64. The lowest BCUT2D eigenvalue weighted by Gasteiger charge is -2.16. The van der Waals surface area contributed by atoms with Crippen LogP contribution in [0, 0.1) is 0 Å². The number of hydrazone groups is 2. The highest BCUT2D eigenvalue weighted by atomic mass is 35.9. The van der Waals surface area contributed by atoms with Crippen LogP contribution in [-0.2, 0) is 23.6 Å². The maximum absolute atomic E-state index is 9.36. The standard InChI is InChI=1S/C19H22Cl2N4O2P2S2/c1-4-19(28(30)24(2)22-13-15-5-9-17(26)10-6-15)27-18-11-7-16(8-12-18)14-23-25(3)29(20,21)31/h5-14,19H,4H2,1-3H3/p+1. The zero-order chi connectivity index (χ0) is 23.0. The molecule has 0 aliphatic heterocycles. The monoisotopic (exact) mass is 535 g/mol. The quantitative estimate of drug-likeness (QED) is 0.219. The van der Waals surface area contributed by atoms with E-state index in [1.165, 1.54) is 4.78 Å². The first-order valence-electron chi connectivity index (χ1n) is 9.17. The van der Waals surface area contributed by atoms with Gasteiger partial charge in [0.25, 0.3) is 5.85 Å². The first kappa shape index (κ1) is 26.0. The summed E-state index contributed by atoms with van der Waals surface area (Å²) in [6.45, 7) is 0.940. The van der Waals surface area contributed by atoms with E-state index in [1.54, 1.807) is 48.5 Å². The number of ether oxygens (including phenoxy) is 1. The van der Waals surface area contributed by atoms with Crippen LogP contribution in [0.25, 0.3) is 0 Å². The molecule has 12 heteroatoms. The predicted molar refractivity (Wildman–Crippen MR) is 140 cm³/mol. The zero-order valence-electron chi connectivity index (χ0n) is 17.2. The van der Waals surface area contributed by atoms with E-state index < -0.39 is 11.7 Å². The van der Waals surface area contributed by atoms with Crippen LogP contribution in [0.5, 0.6) is 11.5 Å². The van der Waals surface area contributed by atoms with Gasteiger partial charge in [-0.15, -0.1) is 9.88 Å². The summed E-state index contributed by atoms with van der Waals surface area (Å²) in [5.74, 6) is 0.758. The molecule has 166 valence electrons. The number of phenols is 1. The second-order valence-electron chi connectivity index (χ2n) is 6.35. The van der Waals surface area contributed by atoms with Crippen molar-refractivity contribution in [2.75, 3.05) is 14.1 Å². The normalized spacial score (nSPS) is 13.4. The van der Waals surface area contributed by atoms with Gasteiger partial charge < -0.3 is 9.84 Å². The Kier molecular flexibility index (Phi) is 10.1. The van der Waals surface area contributed by atoms with Crippen LogP contribution in [-0.4, -0.2) is 47.0 Å². The van der Waals surface area contributed by atoms with Crippen LogP contribution < -0.4 is 4.74 Å². The van der Waals surface area contributed by atoms with Crippen molar-refractivity contribution in [3.05, 3.63) is 59.7 Å². The van der Waals surface area contributed by atoms with Crippen molar-refractivity contribution in [3.63, 3.8) is 0 Å². The van der Waals surface area contributed by atoms with Crippen LogP contribution >= 0.6 is 34.2 Å². The summed E-state index contributed by atoms with van der Waals surface area (Å²) in [5, 5.41) is 18.0. The molecule has 0 fully saturated rings. The van der Waals surface area contributed by atoms with Crippen molar-refractivity contribution in [3.8, 4) is 11.5 Å².